The van der Waals surface area contributed by atoms with Crippen molar-refractivity contribution in [3.05, 3.63) is 36.5 Å². The molecule has 1 saturated heterocycles. The van der Waals surface area contributed by atoms with Crippen LogP contribution in [-0.4, -0.2) is 96.0 Å². The van der Waals surface area contributed by atoms with Gasteiger partial charge in [-0.05, 0) is 51.4 Å². The van der Waals surface area contributed by atoms with Gasteiger partial charge in [0.15, 0.2) is 12.4 Å². The van der Waals surface area contributed by atoms with Crippen molar-refractivity contribution in [2.75, 3.05) is 19.0 Å². The van der Waals surface area contributed by atoms with E-state index in [1.165, 1.54) is 32.1 Å². The summed E-state index contributed by atoms with van der Waals surface area (Å²) in [6, 6.07) is 0. The summed E-state index contributed by atoms with van der Waals surface area (Å²) in [5, 5.41) is 30.6. The van der Waals surface area contributed by atoms with Crippen molar-refractivity contribution < 1.29 is 56.8 Å². The summed E-state index contributed by atoms with van der Waals surface area (Å²) in [7, 11) is -4.60. The van der Waals surface area contributed by atoms with E-state index in [2.05, 4.69) is 50.3 Å². The highest BCUT2D eigenvalue weighted by Crippen LogP contribution is 2.23. The normalized spacial score (nSPS) is 22.1. The Morgan fingerprint density at radius 2 is 1.20 bits per heavy atom. The fourth-order valence-electron chi connectivity index (χ4n) is 5.27. The number of aliphatic hydroxyl groups excluding tert-OH is 3. The summed E-state index contributed by atoms with van der Waals surface area (Å²) in [5.41, 5.74) is 0. The van der Waals surface area contributed by atoms with Gasteiger partial charge < -0.3 is 34.3 Å². The van der Waals surface area contributed by atoms with E-state index in [9.17, 15) is 37.9 Å². The lowest BCUT2D eigenvalue weighted by atomic mass is 10.00. The summed E-state index contributed by atoms with van der Waals surface area (Å²) in [6.45, 7) is 3.60. The molecule has 0 aromatic heterocycles. The first kappa shape index (κ1) is 45.9. The Bertz CT molecular complexity index is 1090. The third kappa shape index (κ3) is 23.4. The van der Waals surface area contributed by atoms with Gasteiger partial charge in [0.1, 0.15) is 36.8 Å². The lowest BCUT2D eigenvalue weighted by molar-refractivity contribution is -0.297. The summed E-state index contributed by atoms with van der Waals surface area (Å²) >= 11 is 0. The molecule has 0 aromatic carbocycles. The molecule has 0 bridgehead atoms. The molecule has 0 aliphatic carbocycles. The van der Waals surface area contributed by atoms with Gasteiger partial charge in [0.05, 0.1) is 6.61 Å². The number of allylic oxidation sites excluding steroid dienone is 6. The molecule has 6 atom stereocenters. The van der Waals surface area contributed by atoms with E-state index in [4.69, 9.17) is 18.9 Å². The van der Waals surface area contributed by atoms with Crippen LogP contribution in [0.5, 0.6) is 0 Å². The van der Waals surface area contributed by atoms with Crippen LogP contribution in [0.1, 0.15) is 129 Å². The average molecular weight is 733 g/mol. The standard InChI is InChI=1S/C37H64O12S/c1-3-5-7-9-11-12-13-14-15-16-17-18-20-22-24-26-33(39)48-30(27-46-32(38)25-23-21-19-10-8-6-4-2)28-47-37-36(42)35(41)34(40)31(49-37)29-50(43,44)45/h11-12,14-15,17-18,30-31,34-37,40-42H,3-10,13,16,19-29H2,1-2H3,(H,43,44,45)/b12-11+,15-14+,18-17+/t30-,31-,34-,35?,36?,37+/m1/s1. The van der Waals surface area contributed by atoms with Crippen LogP contribution < -0.4 is 0 Å². The van der Waals surface area contributed by atoms with Crippen LogP contribution in [0.3, 0.4) is 0 Å². The first-order valence-corrected chi connectivity index (χ1v) is 20.2. The molecule has 50 heavy (non-hydrogen) atoms. The molecular formula is C37H64O12S. The summed E-state index contributed by atoms with van der Waals surface area (Å²) < 4.78 is 53.6. The number of hydrogen-bond donors (Lipinski definition) is 4. The fraction of sp³-hybridized carbons (Fsp3) is 0.784. The Kier molecular flexibility index (Phi) is 26.1. The monoisotopic (exact) mass is 732 g/mol. The highest BCUT2D eigenvalue weighted by Gasteiger charge is 2.46. The van der Waals surface area contributed by atoms with Crippen LogP contribution >= 0.6 is 0 Å². The number of carbonyl (C=O) groups excluding carboxylic acids is 2. The predicted molar refractivity (Wildman–Crippen MR) is 192 cm³/mol. The first-order chi connectivity index (χ1) is 24.0. The van der Waals surface area contributed by atoms with Crippen molar-refractivity contribution >= 4 is 22.1 Å². The second-order valence-electron chi connectivity index (χ2n) is 12.9. The van der Waals surface area contributed by atoms with Crippen LogP contribution in [0.25, 0.3) is 0 Å². The molecule has 1 heterocycles. The number of esters is 2. The molecule has 290 valence electrons. The molecule has 2 unspecified atom stereocenters. The molecule has 0 aromatic rings. The number of aliphatic hydroxyl groups is 3. The van der Waals surface area contributed by atoms with Crippen molar-refractivity contribution in [2.24, 2.45) is 0 Å². The topological polar surface area (TPSA) is 186 Å². The summed E-state index contributed by atoms with van der Waals surface area (Å²) in [6.07, 6.45) is 19.5. The second-order valence-corrected chi connectivity index (χ2v) is 14.4. The Hall–Kier alpha value is -2.13. The van der Waals surface area contributed by atoms with Gasteiger partial charge in [0.2, 0.25) is 0 Å². The van der Waals surface area contributed by atoms with Crippen LogP contribution in [0, 0.1) is 0 Å². The number of hydrogen-bond acceptors (Lipinski definition) is 11. The molecule has 0 saturated carbocycles. The zero-order valence-electron chi connectivity index (χ0n) is 30.2. The number of unbranched alkanes of at least 4 members (excludes halogenated alkanes) is 11. The number of rotatable bonds is 29. The Morgan fingerprint density at radius 1 is 0.680 bits per heavy atom. The molecule has 1 fully saturated rings. The van der Waals surface area contributed by atoms with Gasteiger partial charge in [0, 0.05) is 12.8 Å². The minimum Gasteiger partial charge on any atom is -0.462 e. The Balaban J connectivity index is 2.57. The third-order valence-corrected chi connectivity index (χ3v) is 8.97. The SMILES string of the molecule is CCCCC/C=C/C/C=C/C/C=C/CCCCC(=O)O[C@H](COC(=O)CCCCCCCCC)CO[C@H]1O[C@H](CS(=O)(=O)O)[C@@H](O)C(O)C1O. The van der Waals surface area contributed by atoms with E-state index in [1.54, 1.807) is 0 Å². The van der Waals surface area contributed by atoms with E-state index >= 15 is 0 Å². The Labute approximate surface area is 300 Å². The maximum atomic E-state index is 12.7. The zero-order chi connectivity index (χ0) is 37.0. The molecular weight excluding hydrogens is 668 g/mol. The highest BCUT2D eigenvalue weighted by atomic mass is 32.2. The third-order valence-electron chi connectivity index (χ3n) is 8.22. The Morgan fingerprint density at radius 3 is 1.82 bits per heavy atom. The van der Waals surface area contributed by atoms with Crippen molar-refractivity contribution in [1.82, 2.24) is 0 Å². The van der Waals surface area contributed by atoms with Gasteiger partial charge in [-0.2, -0.15) is 8.42 Å². The predicted octanol–water partition coefficient (Wildman–Crippen LogP) is 5.88. The molecule has 0 amide bonds. The maximum Gasteiger partial charge on any atom is 0.306 e. The molecule has 13 heteroatoms. The van der Waals surface area contributed by atoms with E-state index in [0.717, 1.165) is 57.8 Å². The van der Waals surface area contributed by atoms with Crippen molar-refractivity contribution in [2.45, 2.75) is 166 Å². The van der Waals surface area contributed by atoms with E-state index in [1.807, 2.05) is 0 Å². The van der Waals surface area contributed by atoms with Gasteiger partial charge in [-0.15, -0.1) is 0 Å². The van der Waals surface area contributed by atoms with Crippen LogP contribution in [0.2, 0.25) is 0 Å². The van der Waals surface area contributed by atoms with Gasteiger partial charge in [-0.25, -0.2) is 0 Å². The quantitative estimate of drug-likeness (QED) is 0.0310. The van der Waals surface area contributed by atoms with Crippen molar-refractivity contribution in [3.63, 3.8) is 0 Å². The number of ether oxygens (including phenoxy) is 4. The van der Waals surface area contributed by atoms with Gasteiger partial charge in [-0.1, -0.05) is 102 Å². The van der Waals surface area contributed by atoms with Crippen molar-refractivity contribution in [3.8, 4) is 0 Å². The summed E-state index contributed by atoms with van der Waals surface area (Å²) in [5.74, 6) is -2.04. The highest BCUT2D eigenvalue weighted by molar-refractivity contribution is 7.85. The van der Waals surface area contributed by atoms with E-state index < -0.39 is 71.2 Å². The minimum absolute atomic E-state index is 0.116. The molecule has 1 aliphatic rings. The molecule has 12 nitrogen and oxygen atoms in total. The van der Waals surface area contributed by atoms with Gasteiger partial charge >= 0.3 is 11.9 Å². The largest absolute Gasteiger partial charge is 0.462 e. The number of carbonyl (C=O) groups is 2. The smallest absolute Gasteiger partial charge is 0.306 e. The van der Waals surface area contributed by atoms with Crippen molar-refractivity contribution in [1.29, 1.82) is 0 Å². The van der Waals surface area contributed by atoms with E-state index in [-0.39, 0.29) is 19.4 Å². The second kappa shape index (κ2) is 28.5. The summed E-state index contributed by atoms with van der Waals surface area (Å²) in [4.78, 5) is 25.1. The maximum absolute atomic E-state index is 12.7. The molecule has 0 radical (unpaired) electrons. The minimum atomic E-state index is -4.60. The zero-order valence-corrected chi connectivity index (χ0v) is 31.1. The van der Waals surface area contributed by atoms with Gasteiger partial charge in [-0.3, -0.25) is 14.1 Å². The van der Waals surface area contributed by atoms with Gasteiger partial charge in [0.25, 0.3) is 10.1 Å². The lowest BCUT2D eigenvalue weighted by Gasteiger charge is -2.40. The molecule has 1 rings (SSSR count). The van der Waals surface area contributed by atoms with Crippen LogP contribution in [0.15, 0.2) is 36.5 Å². The van der Waals surface area contributed by atoms with Crippen LogP contribution in [-0.2, 0) is 38.7 Å². The lowest BCUT2D eigenvalue weighted by Crippen LogP contribution is -2.60. The average Bonchev–Trinajstić information content (AvgIpc) is 3.07. The molecule has 4 N–H and O–H groups in total. The fourth-order valence-corrected chi connectivity index (χ4v) is 5.96. The van der Waals surface area contributed by atoms with Crippen LogP contribution in [0.4, 0.5) is 0 Å². The first-order valence-electron chi connectivity index (χ1n) is 18.5. The molecule has 0 spiro atoms. The van der Waals surface area contributed by atoms with E-state index in [0.29, 0.717) is 12.8 Å². The molecule has 1 aliphatic heterocycles.